The Morgan fingerprint density at radius 2 is 2.16 bits per heavy atom. The first-order chi connectivity index (χ1) is 12.3. The Morgan fingerprint density at radius 1 is 1.28 bits per heavy atom. The molecule has 2 heterocycles. The number of thiophene rings is 1. The summed E-state index contributed by atoms with van der Waals surface area (Å²) in [5.41, 5.74) is 0.687. The molecule has 130 valence electrons. The number of rotatable bonds is 8. The maximum atomic E-state index is 12.1. The predicted octanol–water partition coefficient (Wildman–Crippen LogP) is 4.16. The summed E-state index contributed by atoms with van der Waals surface area (Å²) in [5, 5.41) is 8.81. The molecule has 0 bridgehead atoms. The molecule has 0 unspecified atom stereocenters. The van der Waals surface area contributed by atoms with Gasteiger partial charge in [0.1, 0.15) is 5.75 Å². The van der Waals surface area contributed by atoms with Gasteiger partial charge in [0.25, 0.3) is 0 Å². The van der Waals surface area contributed by atoms with E-state index in [-0.39, 0.29) is 5.91 Å². The van der Waals surface area contributed by atoms with Crippen LogP contribution in [0.15, 0.2) is 46.3 Å². The molecule has 7 heteroatoms. The molecule has 3 rings (SSSR count). The maximum absolute atomic E-state index is 12.1. The van der Waals surface area contributed by atoms with Crippen LogP contribution in [0.3, 0.4) is 0 Å². The second-order valence-electron chi connectivity index (χ2n) is 5.32. The zero-order valence-electron chi connectivity index (χ0n) is 13.9. The van der Waals surface area contributed by atoms with Gasteiger partial charge < -0.3 is 14.6 Å². The van der Waals surface area contributed by atoms with E-state index in [4.69, 9.17) is 9.26 Å². The summed E-state index contributed by atoms with van der Waals surface area (Å²) in [4.78, 5) is 17.4. The van der Waals surface area contributed by atoms with Crippen molar-refractivity contribution in [1.29, 1.82) is 0 Å². The fourth-order valence-corrected chi connectivity index (χ4v) is 2.98. The van der Waals surface area contributed by atoms with E-state index in [0.717, 1.165) is 4.88 Å². The number of benzene rings is 1. The lowest BCUT2D eigenvalue weighted by Crippen LogP contribution is -2.12. The normalized spacial score (nSPS) is 10.6. The molecule has 0 aliphatic heterocycles. The van der Waals surface area contributed by atoms with Crippen LogP contribution in [0.1, 0.15) is 25.7 Å². The molecule has 2 aromatic heterocycles. The molecule has 0 atom stereocenters. The summed E-state index contributed by atoms with van der Waals surface area (Å²) in [6.45, 7) is 2.46. The third kappa shape index (κ3) is 4.67. The van der Waals surface area contributed by atoms with Crippen molar-refractivity contribution in [3.05, 3.63) is 47.7 Å². The standard InChI is InChI=1S/C18H19N3O3S/c1-2-23-14-8-4-3-7-13(14)19-16(22)10-5-11-17-20-18(21-24-17)15-9-6-12-25-15/h3-4,6-9,12H,2,5,10-11H2,1H3,(H,19,22). The Labute approximate surface area is 149 Å². The van der Waals surface area contributed by atoms with Gasteiger partial charge in [-0.3, -0.25) is 4.79 Å². The average Bonchev–Trinajstić information content (AvgIpc) is 3.28. The number of hydrogen-bond acceptors (Lipinski definition) is 6. The molecule has 0 saturated carbocycles. The van der Waals surface area contributed by atoms with Gasteiger partial charge in [-0.2, -0.15) is 4.98 Å². The highest BCUT2D eigenvalue weighted by atomic mass is 32.1. The van der Waals surface area contributed by atoms with E-state index in [1.54, 1.807) is 11.3 Å². The molecule has 3 aromatic rings. The van der Waals surface area contributed by atoms with Gasteiger partial charge in [-0.05, 0) is 36.9 Å². The van der Waals surface area contributed by atoms with Crippen molar-refractivity contribution in [2.45, 2.75) is 26.2 Å². The topological polar surface area (TPSA) is 77.2 Å². The summed E-state index contributed by atoms with van der Waals surface area (Å²) < 4.78 is 10.7. The number of hydrogen-bond donors (Lipinski definition) is 1. The second kappa shape index (κ2) is 8.43. The van der Waals surface area contributed by atoms with Gasteiger partial charge in [-0.25, -0.2) is 0 Å². The lowest BCUT2D eigenvalue weighted by molar-refractivity contribution is -0.116. The molecule has 0 aliphatic carbocycles. The van der Waals surface area contributed by atoms with Gasteiger partial charge in [0.2, 0.25) is 17.6 Å². The highest BCUT2D eigenvalue weighted by Crippen LogP contribution is 2.24. The molecule has 1 amide bonds. The number of carbonyl (C=O) groups excluding carboxylic acids is 1. The van der Waals surface area contributed by atoms with Crippen LogP contribution in [0.2, 0.25) is 0 Å². The van der Waals surface area contributed by atoms with Crippen molar-refractivity contribution in [1.82, 2.24) is 10.1 Å². The van der Waals surface area contributed by atoms with Crippen molar-refractivity contribution < 1.29 is 14.1 Å². The molecular weight excluding hydrogens is 338 g/mol. The van der Waals surface area contributed by atoms with Gasteiger partial charge in [0.05, 0.1) is 17.2 Å². The van der Waals surface area contributed by atoms with E-state index in [2.05, 4.69) is 15.5 Å². The van der Waals surface area contributed by atoms with Crippen LogP contribution in [-0.4, -0.2) is 22.7 Å². The molecule has 0 radical (unpaired) electrons. The van der Waals surface area contributed by atoms with Crippen LogP contribution in [0.4, 0.5) is 5.69 Å². The third-order valence-electron chi connectivity index (χ3n) is 3.47. The number of carbonyl (C=O) groups is 1. The van der Waals surface area contributed by atoms with Gasteiger partial charge in [0, 0.05) is 12.8 Å². The Balaban J connectivity index is 1.48. The molecule has 0 fully saturated rings. The van der Waals surface area contributed by atoms with E-state index in [0.29, 0.717) is 49.0 Å². The molecule has 1 aromatic carbocycles. The van der Waals surface area contributed by atoms with E-state index in [1.807, 2.05) is 48.7 Å². The molecule has 0 spiro atoms. The number of nitrogens with zero attached hydrogens (tertiary/aromatic N) is 2. The SMILES string of the molecule is CCOc1ccccc1NC(=O)CCCc1nc(-c2cccs2)no1. The van der Waals surface area contributed by atoms with E-state index in [9.17, 15) is 4.79 Å². The summed E-state index contributed by atoms with van der Waals surface area (Å²) in [5.74, 6) is 1.76. The van der Waals surface area contributed by atoms with Crippen LogP contribution >= 0.6 is 11.3 Å². The lowest BCUT2D eigenvalue weighted by atomic mass is 10.2. The zero-order chi connectivity index (χ0) is 17.5. The van der Waals surface area contributed by atoms with E-state index >= 15 is 0 Å². The maximum Gasteiger partial charge on any atom is 0.226 e. The van der Waals surface area contributed by atoms with Crippen LogP contribution in [0, 0.1) is 0 Å². The minimum absolute atomic E-state index is 0.0647. The monoisotopic (exact) mass is 357 g/mol. The summed E-state index contributed by atoms with van der Waals surface area (Å²) in [6, 6.07) is 11.3. The minimum atomic E-state index is -0.0647. The first-order valence-corrected chi connectivity index (χ1v) is 9.02. The first kappa shape index (κ1) is 17.2. The summed E-state index contributed by atoms with van der Waals surface area (Å²) >= 11 is 1.56. The molecule has 6 nitrogen and oxygen atoms in total. The summed E-state index contributed by atoms with van der Waals surface area (Å²) in [7, 11) is 0. The molecule has 0 saturated heterocycles. The smallest absolute Gasteiger partial charge is 0.226 e. The molecule has 25 heavy (non-hydrogen) atoms. The number of anilines is 1. The number of amides is 1. The van der Waals surface area contributed by atoms with Gasteiger partial charge in [-0.15, -0.1) is 11.3 Å². The second-order valence-corrected chi connectivity index (χ2v) is 6.27. The van der Waals surface area contributed by atoms with Crippen LogP contribution < -0.4 is 10.1 Å². The highest BCUT2D eigenvalue weighted by molar-refractivity contribution is 7.13. The van der Waals surface area contributed by atoms with Crippen LogP contribution in [-0.2, 0) is 11.2 Å². The predicted molar refractivity (Wildman–Crippen MR) is 96.8 cm³/mol. The Bertz CT molecular complexity index is 815. The number of para-hydroxylation sites is 2. The van der Waals surface area contributed by atoms with E-state index in [1.165, 1.54) is 0 Å². The Morgan fingerprint density at radius 3 is 2.96 bits per heavy atom. The average molecular weight is 357 g/mol. The Kier molecular flexibility index (Phi) is 5.79. The van der Waals surface area contributed by atoms with Crippen LogP contribution in [0.25, 0.3) is 10.7 Å². The highest BCUT2D eigenvalue weighted by Gasteiger charge is 2.11. The van der Waals surface area contributed by atoms with Crippen molar-refractivity contribution in [2.24, 2.45) is 0 Å². The molecule has 0 aliphatic rings. The van der Waals surface area contributed by atoms with Crippen LogP contribution in [0.5, 0.6) is 5.75 Å². The zero-order valence-corrected chi connectivity index (χ0v) is 14.7. The first-order valence-electron chi connectivity index (χ1n) is 8.14. The van der Waals surface area contributed by atoms with Crippen molar-refractivity contribution >= 4 is 22.9 Å². The largest absolute Gasteiger partial charge is 0.492 e. The number of ether oxygens (including phenoxy) is 1. The Hall–Kier alpha value is -2.67. The fraction of sp³-hybridized carbons (Fsp3) is 0.278. The van der Waals surface area contributed by atoms with E-state index < -0.39 is 0 Å². The molecular formula is C18H19N3O3S. The fourth-order valence-electron chi connectivity index (χ4n) is 2.33. The minimum Gasteiger partial charge on any atom is -0.492 e. The van der Waals surface area contributed by atoms with Gasteiger partial charge in [-0.1, -0.05) is 23.4 Å². The number of aromatic nitrogens is 2. The number of nitrogens with one attached hydrogen (secondary N) is 1. The third-order valence-corrected chi connectivity index (χ3v) is 4.33. The quantitative estimate of drug-likeness (QED) is 0.655. The lowest BCUT2D eigenvalue weighted by Gasteiger charge is -2.10. The molecule has 1 N–H and O–H groups in total. The van der Waals surface area contributed by atoms with Gasteiger partial charge in [0.15, 0.2) is 0 Å². The summed E-state index contributed by atoms with van der Waals surface area (Å²) in [6.07, 6.45) is 1.57. The number of aryl methyl sites for hydroxylation is 1. The van der Waals surface area contributed by atoms with Crippen molar-refractivity contribution in [2.75, 3.05) is 11.9 Å². The van der Waals surface area contributed by atoms with Crippen molar-refractivity contribution in [3.8, 4) is 16.5 Å². The van der Waals surface area contributed by atoms with Crippen molar-refractivity contribution in [3.63, 3.8) is 0 Å². The van der Waals surface area contributed by atoms with Gasteiger partial charge >= 0.3 is 0 Å².